The van der Waals surface area contributed by atoms with Crippen molar-refractivity contribution in [2.75, 3.05) is 13.2 Å². The topological polar surface area (TPSA) is 30.5 Å². The van der Waals surface area contributed by atoms with Crippen LogP contribution in [0, 0.1) is 0 Å². The number of nitrogens with one attached hydrogen (secondary N) is 1. The molecule has 170 valence electrons. The summed E-state index contributed by atoms with van der Waals surface area (Å²) in [4.78, 5) is 0. The van der Waals surface area contributed by atoms with Gasteiger partial charge >= 0.3 is 6.18 Å². The molecule has 0 radical (unpaired) electrons. The molecule has 7 heteroatoms. The summed E-state index contributed by atoms with van der Waals surface area (Å²) in [7, 11) is 0. The Labute approximate surface area is 187 Å². The van der Waals surface area contributed by atoms with Gasteiger partial charge in [-0.25, -0.2) is 0 Å². The molecule has 2 saturated heterocycles. The van der Waals surface area contributed by atoms with E-state index in [4.69, 9.17) is 9.47 Å². The van der Waals surface area contributed by atoms with Crippen molar-refractivity contribution in [1.29, 1.82) is 0 Å². The van der Waals surface area contributed by atoms with Crippen LogP contribution in [0.15, 0.2) is 48.5 Å². The molecule has 1 spiro atoms. The lowest BCUT2D eigenvalue weighted by atomic mass is 9.76. The highest BCUT2D eigenvalue weighted by Gasteiger charge is 2.49. The molecule has 2 aromatic rings. The molecule has 2 aliphatic rings. The third-order valence-corrected chi connectivity index (χ3v) is 6.09. The number of rotatable bonds is 4. The van der Waals surface area contributed by atoms with E-state index in [1.165, 1.54) is 12.1 Å². The van der Waals surface area contributed by atoms with Gasteiger partial charge in [0.05, 0.1) is 29.9 Å². The zero-order valence-electron chi connectivity index (χ0n) is 17.7. The van der Waals surface area contributed by atoms with Gasteiger partial charge in [-0.3, -0.25) is 0 Å². The van der Waals surface area contributed by atoms with Crippen LogP contribution in [-0.4, -0.2) is 24.9 Å². The summed E-state index contributed by atoms with van der Waals surface area (Å²) in [6.45, 7) is 5.05. The maximum atomic E-state index is 13.4. The second-order valence-electron chi connectivity index (χ2n) is 8.60. The minimum Gasteiger partial charge on any atom is -0.491 e. The number of benzene rings is 2. The summed E-state index contributed by atoms with van der Waals surface area (Å²) in [5.41, 5.74) is 0.678. The Morgan fingerprint density at radius 1 is 1.13 bits per heavy atom. The summed E-state index contributed by atoms with van der Waals surface area (Å²) in [5.74, 6) is 0.371. The zero-order valence-corrected chi connectivity index (χ0v) is 18.6. The molecule has 4 rings (SSSR count). The van der Waals surface area contributed by atoms with E-state index in [0.717, 1.165) is 31.0 Å². The fraction of sp³-hybridized carbons (Fsp3) is 0.500. The monoisotopic (exact) mass is 455 g/mol. The molecular weight excluding hydrogens is 427 g/mol. The lowest BCUT2D eigenvalue weighted by molar-refractivity contribution is -0.137. The Morgan fingerprint density at radius 3 is 2.55 bits per heavy atom. The summed E-state index contributed by atoms with van der Waals surface area (Å²) in [5, 5.41) is 3.59. The molecule has 2 heterocycles. The normalized spacial score (nSPS) is 26.1. The number of halogens is 4. The van der Waals surface area contributed by atoms with Crippen molar-refractivity contribution in [3.8, 4) is 5.75 Å². The van der Waals surface area contributed by atoms with E-state index in [2.05, 4.69) is 17.4 Å². The van der Waals surface area contributed by atoms with Gasteiger partial charge < -0.3 is 14.8 Å². The average Bonchev–Trinajstić information content (AvgIpc) is 3.12. The van der Waals surface area contributed by atoms with Gasteiger partial charge in [-0.2, -0.15) is 13.2 Å². The van der Waals surface area contributed by atoms with Crippen LogP contribution in [0.4, 0.5) is 13.2 Å². The van der Waals surface area contributed by atoms with Gasteiger partial charge in [0.1, 0.15) is 5.75 Å². The van der Waals surface area contributed by atoms with Crippen molar-refractivity contribution < 1.29 is 22.6 Å². The highest BCUT2D eigenvalue weighted by Crippen LogP contribution is 2.50. The van der Waals surface area contributed by atoms with Gasteiger partial charge in [-0.1, -0.05) is 30.3 Å². The van der Waals surface area contributed by atoms with Crippen molar-refractivity contribution in [1.82, 2.24) is 5.32 Å². The molecule has 0 aliphatic carbocycles. The molecule has 2 fully saturated rings. The summed E-state index contributed by atoms with van der Waals surface area (Å²) < 4.78 is 52.5. The SMILES string of the molecule is CC(C)Oc1ccc(C(F)(F)F)cc1C1CO[C@]2(CCCN[C@H]2c2ccccc2)C1.Cl. The van der Waals surface area contributed by atoms with E-state index in [0.29, 0.717) is 24.3 Å². The number of hydrogen-bond acceptors (Lipinski definition) is 3. The molecule has 2 aromatic carbocycles. The molecule has 0 saturated carbocycles. The molecule has 0 aromatic heterocycles. The fourth-order valence-electron chi connectivity index (χ4n) is 4.81. The maximum absolute atomic E-state index is 13.4. The van der Waals surface area contributed by atoms with E-state index in [-0.39, 0.29) is 30.5 Å². The fourth-order valence-corrected chi connectivity index (χ4v) is 4.81. The standard InChI is InChI=1S/C24H28F3NO2.ClH/c1-16(2)30-21-10-9-19(24(25,26)27)13-20(21)18-14-23(29-15-18)11-6-12-28-22(23)17-7-4-3-5-8-17;/h3-5,7-10,13,16,18,22,28H,6,11-12,14-15H2,1-2H3;1H/t18?,22-,23+;/m0./s1. The second-order valence-corrected chi connectivity index (χ2v) is 8.60. The van der Waals surface area contributed by atoms with Gasteiger partial charge in [0.2, 0.25) is 0 Å². The highest BCUT2D eigenvalue weighted by atomic mass is 35.5. The molecule has 1 unspecified atom stereocenters. The van der Waals surface area contributed by atoms with E-state index in [9.17, 15) is 13.2 Å². The Balaban J connectivity index is 0.00000272. The van der Waals surface area contributed by atoms with Crippen LogP contribution in [0.2, 0.25) is 0 Å². The van der Waals surface area contributed by atoms with Crippen LogP contribution in [0.3, 0.4) is 0 Å². The van der Waals surface area contributed by atoms with E-state index in [1.54, 1.807) is 0 Å². The first-order chi connectivity index (χ1) is 14.3. The first-order valence-corrected chi connectivity index (χ1v) is 10.6. The lowest BCUT2D eigenvalue weighted by Gasteiger charge is -2.41. The van der Waals surface area contributed by atoms with Gasteiger partial charge in [0, 0.05) is 11.5 Å². The maximum Gasteiger partial charge on any atom is 0.416 e. The largest absolute Gasteiger partial charge is 0.491 e. The molecule has 31 heavy (non-hydrogen) atoms. The molecule has 0 amide bonds. The second kappa shape index (κ2) is 9.39. The molecule has 3 nitrogen and oxygen atoms in total. The molecular formula is C24H29ClF3NO2. The number of alkyl halides is 3. The molecule has 3 atom stereocenters. The first-order valence-electron chi connectivity index (χ1n) is 10.6. The van der Waals surface area contributed by atoms with E-state index >= 15 is 0 Å². The van der Waals surface area contributed by atoms with Crippen LogP contribution < -0.4 is 10.1 Å². The minimum atomic E-state index is -4.39. The van der Waals surface area contributed by atoms with E-state index < -0.39 is 17.3 Å². The predicted octanol–water partition coefficient (Wildman–Crippen LogP) is 6.28. The van der Waals surface area contributed by atoms with Crippen LogP contribution in [-0.2, 0) is 10.9 Å². The van der Waals surface area contributed by atoms with Crippen molar-refractivity contribution in [3.05, 3.63) is 65.2 Å². The van der Waals surface area contributed by atoms with Gasteiger partial charge in [0.15, 0.2) is 0 Å². The number of ether oxygens (including phenoxy) is 2. The van der Waals surface area contributed by atoms with Crippen LogP contribution in [0.1, 0.15) is 61.8 Å². The molecule has 1 N–H and O–H groups in total. The third-order valence-electron chi connectivity index (χ3n) is 6.09. The average molecular weight is 456 g/mol. The quantitative estimate of drug-likeness (QED) is 0.588. The third kappa shape index (κ3) is 5.02. The Morgan fingerprint density at radius 2 is 1.87 bits per heavy atom. The lowest BCUT2D eigenvalue weighted by Crippen LogP contribution is -2.48. The highest BCUT2D eigenvalue weighted by molar-refractivity contribution is 5.85. The molecule has 0 bridgehead atoms. The summed E-state index contributed by atoms with van der Waals surface area (Å²) in [6.07, 6.45) is -1.98. The summed E-state index contributed by atoms with van der Waals surface area (Å²) in [6, 6.07) is 14.0. The van der Waals surface area contributed by atoms with Gasteiger partial charge in [0.25, 0.3) is 0 Å². The van der Waals surface area contributed by atoms with Gasteiger partial charge in [-0.05, 0) is 63.4 Å². The van der Waals surface area contributed by atoms with E-state index in [1.807, 2.05) is 32.0 Å². The van der Waals surface area contributed by atoms with Crippen molar-refractivity contribution in [2.24, 2.45) is 0 Å². The van der Waals surface area contributed by atoms with Crippen LogP contribution in [0.25, 0.3) is 0 Å². The minimum absolute atomic E-state index is 0. The number of hydrogen-bond donors (Lipinski definition) is 1. The zero-order chi connectivity index (χ0) is 21.4. The van der Waals surface area contributed by atoms with Gasteiger partial charge in [-0.15, -0.1) is 12.4 Å². The Hall–Kier alpha value is -1.76. The predicted molar refractivity (Wildman–Crippen MR) is 117 cm³/mol. The van der Waals surface area contributed by atoms with Crippen molar-refractivity contribution >= 4 is 12.4 Å². The first kappa shape index (κ1) is 23.9. The van der Waals surface area contributed by atoms with Crippen molar-refractivity contribution in [3.63, 3.8) is 0 Å². The van der Waals surface area contributed by atoms with Crippen molar-refractivity contribution in [2.45, 2.75) is 63.0 Å². The Bertz CT molecular complexity index is 875. The molecule has 2 aliphatic heterocycles. The van der Waals surface area contributed by atoms with Crippen LogP contribution >= 0.6 is 12.4 Å². The smallest absolute Gasteiger partial charge is 0.416 e. The number of piperidine rings is 1. The Kier molecular flexibility index (Phi) is 7.24. The summed E-state index contributed by atoms with van der Waals surface area (Å²) >= 11 is 0. The van der Waals surface area contributed by atoms with Crippen LogP contribution in [0.5, 0.6) is 5.75 Å².